The van der Waals surface area contributed by atoms with Crippen LogP contribution in [0, 0.1) is 5.21 Å². The molecule has 0 radical (unpaired) electrons. The standard InChI is InChI=1S/C13H13BrN2O3/c14-10-6-4-9(5-7-10)13(17)8-16(19)12-3-1-2-11(12)15-18/h4-8,12,18H,1-3H2/b15-11+,16-8-/t12-/m1/s1. The summed E-state index contributed by atoms with van der Waals surface area (Å²) in [6.45, 7) is 0. The van der Waals surface area contributed by atoms with Gasteiger partial charge in [-0.1, -0.05) is 21.1 Å². The first-order valence-corrected chi connectivity index (χ1v) is 6.72. The van der Waals surface area contributed by atoms with Gasteiger partial charge >= 0.3 is 0 Å². The molecule has 2 rings (SSSR count). The predicted octanol–water partition coefficient (Wildman–Crippen LogP) is 2.60. The fourth-order valence-corrected chi connectivity index (χ4v) is 2.36. The van der Waals surface area contributed by atoms with Crippen molar-refractivity contribution < 1.29 is 14.7 Å². The third-order valence-electron chi connectivity index (χ3n) is 3.10. The van der Waals surface area contributed by atoms with Crippen molar-refractivity contribution in [3.8, 4) is 0 Å². The normalized spacial score (nSPS) is 21.8. The number of hydrogen-bond acceptors (Lipinski definition) is 4. The summed E-state index contributed by atoms with van der Waals surface area (Å²) in [4.78, 5) is 11.9. The second kappa shape index (κ2) is 5.97. The summed E-state index contributed by atoms with van der Waals surface area (Å²) in [7, 11) is 0. The van der Waals surface area contributed by atoms with Gasteiger partial charge in [-0.05, 0) is 37.1 Å². The van der Waals surface area contributed by atoms with Crippen molar-refractivity contribution in [2.75, 3.05) is 0 Å². The molecule has 6 heteroatoms. The third-order valence-corrected chi connectivity index (χ3v) is 3.63. The van der Waals surface area contributed by atoms with E-state index in [1.165, 1.54) is 0 Å². The van der Waals surface area contributed by atoms with E-state index in [9.17, 15) is 10.0 Å². The van der Waals surface area contributed by atoms with Crippen LogP contribution in [0.3, 0.4) is 0 Å². The Hall–Kier alpha value is -1.69. The van der Waals surface area contributed by atoms with Crippen molar-refractivity contribution >= 4 is 33.6 Å². The highest BCUT2D eigenvalue weighted by Gasteiger charge is 2.30. The molecule has 0 aliphatic heterocycles. The van der Waals surface area contributed by atoms with Crippen molar-refractivity contribution in [1.82, 2.24) is 0 Å². The number of carbonyl (C=O) groups is 1. The number of ketones is 1. The average molecular weight is 325 g/mol. The summed E-state index contributed by atoms with van der Waals surface area (Å²) in [5, 5.41) is 23.8. The number of oxime groups is 1. The molecule has 1 saturated carbocycles. The van der Waals surface area contributed by atoms with Crippen LogP contribution in [-0.4, -0.2) is 33.7 Å². The van der Waals surface area contributed by atoms with Crippen molar-refractivity contribution in [2.24, 2.45) is 5.16 Å². The summed E-state index contributed by atoms with van der Waals surface area (Å²) in [5.41, 5.74) is 0.888. The molecule has 0 saturated heterocycles. The Morgan fingerprint density at radius 3 is 2.79 bits per heavy atom. The zero-order valence-corrected chi connectivity index (χ0v) is 11.7. The van der Waals surface area contributed by atoms with E-state index in [0.29, 0.717) is 28.9 Å². The smallest absolute Gasteiger partial charge is 0.249 e. The number of nitrogens with zero attached hydrogens (tertiary/aromatic N) is 2. The second-order valence-corrected chi connectivity index (χ2v) is 5.28. The van der Waals surface area contributed by atoms with Gasteiger partial charge in [0, 0.05) is 16.5 Å². The first-order chi connectivity index (χ1) is 9.11. The van der Waals surface area contributed by atoms with Gasteiger partial charge in [-0.2, -0.15) is 4.74 Å². The number of hydrogen-bond donors (Lipinski definition) is 1. The van der Waals surface area contributed by atoms with Gasteiger partial charge in [0.05, 0.1) is 0 Å². The fourth-order valence-electron chi connectivity index (χ4n) is 2.09. The van der Waals surface area contributed by atoms with Gasteiger partial charge in [0.1, 0.15) is 5.71 Å². The molecule has 1 fully saturated rings. The lowest BCUT2D eigenvalue weighted by molar-refractivity contribution is -0.474. The van der Waals surface area contributed by atoms with E-state index in [0.717, 1.165) is 17.1 Å². The minimum Gasteiger partial charge on any atom is -0.623 e. The maximum absolute atomic E-state index is 11.9. The molecule has 1 aromatic carbocycles. The zero-order chi connectivity index (χ0) is 13.8. The largest absolute Gasteiger partial charge is 0.623 e. The number of carbonyl (C=O) groups excluding carboxylic acids is 1. The van der Waals surface area contributed by atoms with Crippen LogP contribution >= 0.6 is 15.9 Å². The SMILES string of the molecule is O=C(/C=[N+](\[O-])[C@@H]1CCC/C1=N\O)c1ccc(Br)cc1. The molecule has 0 bridgehead atoms. The van der Waals surface area contributed by atoms with E-state index in [1.807, 2.05) is 0 Å². The van der Waals surface area contributed by atoms with Crippen LogP contribution < -0.4 is 0 Å². The van der Waals surface area contributed by atoms with Gasteiger partial charge in [0.25, 0.3) is 0 Å². The Kier molecular flexibility index (Phi) is 4.31. The van der Waals surface area contributed by atoms with Gasteiger partial charge in [0.15, 0.2) is 0 Å². The van der Waals surface area contributed by atoms with Crippen molar-refractivity contribution in [3.05, 3.63) is 39.5 Å². The Bertz CT molecular complexity index is 537. The highest BCUT2D eigenvalue weighted by molar-refractivity contribution is 9.10. The van der Waals surface area contributed by atoms with E-state index in [-0.39, 0.29) is 5.78 Å². The lowest BCUT2D eigenvalue weighted by Crippen LogP contribution is -2.28. The van der Waals surface area contributed by atoms with E-state index in [1.54, 1.807) is 24.3 Å². The molecule has 100 valence electrons. The van der Waals surface area contributed by atoms with E-state index < -0.39 is 6.04 Å². The Balaban J connectivity index is 2.16. The van der Waals surface area contributed by atoms with Crippen molar-refractivity contribution in [2.45, 2.75) is 25.3 Å². The monoisotopic (exact) mass is 324 g/mol. The molecule has 0 unspecified atom stereocenters. The highest BCUT2D eigenvalue weighted by Crippen LogP contribution is 2.18. The summed E-state index contributed by atoms with van der Waals surface area (Å²) in [6, 6.07) is 6.25. The van der Waals surface area contributed by atoms with Crippen LogP contribution in [0.4, 0.5) is 0 Å². The Morgan fingerprint density at radius 2 is 2.16 bits per heavy atom. The number of hydroxylamine groups is 1. The Labute approximate surface area is 119 Å². The minimum atomic E-state index is -0.524. The molecule has 1 aliphatic carbocycles. The molecule has 0 aromatic heterocycles. The maximum Gasteiger partial charge on any atom is 0.249 e. The quantitative estimate of drug-likeness (QED) is 0.232. The highest BCUT2D eigenvalue weighted by atomic mass is 79.9. The molecule has 1 N–H and O–H groups in total. The van der Waals surface area contributed by atoms with Crippen LogP contribution in [0.5, 0.6) is 0 Å². The third kappa shape index (κ3) is 3.20. The lowest BCUT2D eigenvalue weighted by atomic mass is 10.1. The number of halogens is 1. The summed E-state index contributed by atoms with van der Waals surface area (Å²) in [6.07, 6.45) is 3.01. The number of benzene rings is 1. The second-order valence-electron chi connectivity index (χ2n) is 4.36. The van der Waals surface area contributed by atoms with Gasteiger partial charge < -0.3 is 10.4 Å². The van der Waals surface area contributed by atoms with Crippen LogP contribution in [0.15, 0.2) is 33.9 Å². The molecule has 0 amide bonds. The van der Waals surface area contributed by atoms with Crippen molar-refractivity contribution in [3.63, 3.8) is 0 Å². The molecular weight excluding hydrogens is 312 g/mol. The summed E-state index contributed by atoms with van der Waals surface area (Å²) in [5.74, 6) is -0.355. The molecule has 1 atom stereocenters. The molecule has 0 heterocycles. The number of Topliss-reactive ketones (excluding diaryl/α,β-unsaturated/α-hetero) is 1. The first kappa shape index (κ1) is 13.7. The van der Waals surface area contributed by atoms with Crippen LogP contribution in [0.1, 0.15) is 29.6 Å². The van der Waals surface area contributed by atoms with Crippen LogP contribution in [-0.2, 0) is 0 Å². The van der Waals surface area contributed by atoms with Crippen LogP contribution in [0.2, 0.25) is 0 Å². The average Bonchev–Trinajstić information content (AvgIpc) is 2.87. The molecule has 1 aliphatic rings. The minimum absolute atomic E-state index is 0.355. The van der Waals surface area contributed by atoms with Gasteiger partial charge in [-0.3, -0.25) is 4.79 Å². The van der Waals surface area contributed by atoms with Crippen molar-refractivity contribution in [1.29, 1.82) is 0 Å². The topological polar surface area (TPSA) is 75.7 Å². The molecule has 5 nitrogen and oxygen atoms in total. The van der Waals surface area contributed by atoms with Gasteiger partial charge in [-0.15, -0.1) is 0 Å². The van der Waals surface area contributed by atoms with E-state index >= 15 is 0 Å². The maximum atomic E-state index is 11.9. The Morgan fingerprint density at radius 1 is 1.47 bits per heavy atom. The fraction of sp³-hybridized carbons (Fsp3) is 0.308. The number of rotatable bonds is 3. The summed E-state index contributed by atoms with van der Waals surface area (Å²) >= 11 is 3.28. The first-order valence-electron chi connectivity index (χ1n) is 5.93. The van der Waals surface area contributed by atoms with Crippen LogP contribution in [0.25, 0.3) is 0 Å². The van der Waals surface area contributed by atoms with E-state index in [2.05, 4.69) is 21.1 Å². The van der Waals surface area contributed by atoms with Gasteiger partial charge in [-0.25, -0.2) is 0 Å². The summed E-state index contributed by atoms with van der Waals surface area (Å²) < 4.78 is 1.46. The molecule has 1 aromatic rings. The molecule has 0 spiro atoms. The van der Waals surface area contributed by atoms with E-state index in [4.69, 9.17) is 5.21 Å². The van der Waals surface area contributed by atoms with Gasteiger partial charge in [0.2, 0.25) is 18.0 Å². The molecule has 19 heavy (non-hydrogen) atoms. The lowest BCUT2D eigenvalue weighted by Gasteiger charge is -2.10. The molecular formula is C13H13BrN2O3. The zero-order valence-electron chi connectivity index (χ0n) is 10.1. The predicted molar refractivity (Wildman–Crippen MR) is 75.0 cm³/mol.